The highest BCUT2D eigenvalue weighted by molar-refractivity contribution is 6.02. The molecule has 0 spiro atoms. The Labute approximate surface area is 146 Å². The maximum absolute atomic E-state index is 12.9. The molecule has 0 N–H and O–H groups in total. The molecule has 2 heterocycles. The molecule has 136 valence electrons. The molecule has 0 radical (unpaired) electrons. The van der Waals surface area contributed by atoms with Crippen molar-refractivity contribution in [3.05, 3.63) is 53.3 Å². The first-order valence-electron chi connectivity index (χ1n) is 7.84. The fraction of sp³-hybridized carbons (Fsp3) is 0.278. The van der Waals surface area contributed by atoms with Gasteiger partial charge in [0.1, 0.15) is 18.9 Å². The van der Waals surface area contributed by atoms with Gasteiger partial charge in [-0.05, 0) is 30.3 Å². The Morgan fingerprint density at radius 2 is 1.69 bits per heavy atom. The molecule has 2 aromatic rings. The van der Waals surface area contributed by atoms with Crippen LogP contribution in [0.5, 0.6) is 11.5 Å². The van der Waals surface area contributed by atoms with Crippen molar-refractivity contribution >= 4 is 11.6 Å². The molecule has 0 atom stereocenters. The molecule has 0 aliphatic carbocycles. The number of rotatable bonds is 5. The summed E-state index contributed by atoms with van der Waals surface area (Å²) in [5.41, 5.74) is -1.47. The first kappa shape index (κ1) is 17.9. The third-order valence-electron chi connectivity index (χ3n) is 3.82. The molecular weight excluding hydrogens is 351 g/mol. The van der Waals surface area contributed by atoms with Gasteiger partial charge >= 0.3 is 6.18 Å². The van der Waals surface area contributed by atoms with E-state index in [4.69, 9.17) is 9.47 Å². The van der Waals surface area contributed by atoms with Gasteiger partial charge in [-0.25, -0.2) is 0 Å². The minimum atomic E-state index is -4.68. The molecule has 3 rings (SSSR count). The van der Waals surface area contributed by atoms with E-state index < -0.39 is 23.2 Å². The van der Waals surface area contributed by atoms with Gasteiger partial charge in [0.25, 0.3) is 0 Å². The molecule has 1 aliphatic rings. The zero-order valence-corrected chi connectivity index (χ0v) is 13.5. The average Bonchev–Trinajstić information content (AvgIpc) is 2.64. The summed E-state index contributed by atoms with van der Waals surface area (Å²) < 4.78 is 49.6. The van der Waals surface area contributed by atoms with Crippen LogP contribution in [0.1, 0.15) is 39.3 Å². The summed E-state index contributed by atoms with van der Waals surface area (Å²) in [6.45, 7) is 0.781. The number of carbonyl (C=O) groups is 2. The molecule has 0 unspecified atom stereocenters. The highest BCUT2D eigenvalue weighted by Crippen LogP contribution is 2.32. The van der Waals surface area contributed by atoms with Crippen LogP contribution in [0.3, 0.4) is 0 Å². The van der Waals surface area contributed by atoms with Crippen LogP contribution in [0.15, 0.2) is 36.5 Å². The van der Waals surface area contributed by atoms with Crippen LogP contribution in [-0.4, -0.2) is 29.8 Å². The first-order chi connectivity index (χ1) is 12.4. The van der Waals surface area contributed by atoms with Crippen molar-refractivity contribution in [1.29, 1.82) is 0 Å². The Hall–Kier alpha value is -2.90. The van der Waals surface area contributed by atoms with E-state index in [1.807, 2.05) is 0 Å². The molecule has 1 aromatic carbocycles. The van der Waals surface area contributed by atoms with Crippen molar-refractivity contribution in [2.75, 3.05) is 13.2 Å². The highest BCUT2D eigenvalue weighted by Gasteiger charge is 2.35. The number of carbonyl (C=O) groups excluding carboxylic acids is 2. The fourth-order valence-corrected chi connectivity index (χ4v) is 2.56. The van der Waals surface area contributed by atoms with Gasteiger partial charge in [0.2, 0.25) is 0 Å². The molecular formula is C18H14F3NO4. The Morgan fingerprint density at radius 3 is 2.42 bits per heavy atom. The molecule has 0 amide bonds. The number of ketones is 2. The summed E-state index contributed by atoms with van der Waals surface area (Å²) in [6.07, 6.45) is -4.16. The van der Waals surface area contributed by atoms with Crippen LogP contribution in [0.2, 0.25) is 0 Å². The summed E-state index contributed by atoms with van der Waals surface area (Å²) in [6, 6.07) is 6.53. The normalized spacial score (nSPS) is 13.3. The van der Waals surface area contributed by atoms with Crippen molar-refractivity contribution < 1.29 is 32.2 Å². The van der Waals surface area contributed by atoms with Crippen molar-refractivity contribution in [1.82, 2.24) is 4.98 Å². The lowest BCUT2D eigenvalue weighted by atomic mass is 10.0. The van der Waals surface area contributed by atoms with Crippen LogP contribution < -0.4 is 9.47 Å². The van der Waals surface area contributed by atoms with Gasteiger partial charge in [-0.15, -0.1) is 0 Å². The Bertz CT molecular complexity index is 849. The van der Waals surface area contributed by atoms with Crippen LogP contribution >= 0.6 is 0 Å². The Morgan fingerprint density at radius 1 is 1.00 bits per heavy atom. The summed E-state index contributed by atoms with van der Waals surface area (Å²) in [7, 11) is 0. The number of benzene rings is 1. The SMILES string of the molecule is O=C(CCC(=O)c1ncccc1C(F)(F)F)c1ccc2c(c1)OCCO2. The zero-order valence-electron chi connectivity index (χ0n) is 13.5. The molecule has 0 bridgehead atoms. The van der Waals surface area contributed by atoms with E-state index in [1.54, 1.807) is 6.07 Å². The van der Waals surface area contributed by atoms with E-state index in [9.17, 15) is 22.8 Å². The van der Waals surface area contributed by atoms with Gasteiger partial charge < -0.3 is 9.47 Å². The number of hydrogen-bond donors (Lipinski definition) is 0. The number of Topliss-reactive ketones (excluding diaryl/α,β-unsaturated/α-hetero) is 2. The van der Waals surface area contributed by atoms with Crippen molar-refractivity contribution in [3.63, 3.8) is 0 Å². The molecule has 26 heavy (non-hydrogen) atoms. The van der Waals surface area contributed by atoms with E-state index in [1.165, 1.54) is 12.1 Å². The lowest BCUT2D eigenvalue weighted by Crippen LogP contribution is -2.16. The Balaban J connectivity index is 1.70. The number of fused-ring (bicyclic) bond motifs is 1. The maximum atomic E-state index is 12.9. The van der Waals surface area contributed by atoms with Gasteiger partial charge in [-0.2, -0.15) is 13.2 Å². The highest BCUT2D eigenvalue weighted by atomic mass is 19.4. The average molecular weight is 365 g/mol. The smallest absolute Gasteiger partial charge is 0.418 e. The van der Waals surface area contributed by atoms with E-state index in [0.29, 0.717) is 30.3 Å². The van der Waals surface area contributed by atoms with E-state index >= 15 is 0 Å². The number of nitrogens with zero attached hydrogens (tertiary/aromatic N) is 1. The maximum Gasteiger partial charge on any atom is 0.418 e. The molecule has 0 fully saturated rings. The van der Waals surface area contributed by atoms with Crippen LogP contribution in [0.25, 0.3) is 0 Å². The molecule has 1 aliphatic heterocycles. The van der Waals surface area contributed by atoms with E-state index in [0.717, 1.165) is 18.3 Å². The number of hydrogen-bond acceptors (Lipinski definition) is 5. The second-order valence-electron chi connectivity index (χ2n) is 5.60. The summed E-state index contributed by atoms with van der Waals surface area (Å²) in [4.78, 5) is 27.9. The van der Waals surface area contributed by atoms with Crippen molar-refractivity contribution in [3.8, 4) is 11.5 Å². The lowest BCUT2D eigenvalue weighted by molar-refractivity contribution is -0.138. The molecule has 1 aromatic heterocycles. The molecule has 8 heteroatoms. The number of aromatic nitrogens is 1. The summed E-state index contributed by atoms with van der Waals surface area (Å²) in [5.74, 6) is -0.256. The number of ether oxygens (including phenoxy) is 2. The third-order valence-corrected chi connectivity index (χ3v) is 3.82. The fourth-order valence-electron chi connectivity index (χ4n) is 2.56. The van der Waals surface area contributed by atoms with Gasteiger partial charge in [0.15, 0.2) is 23.1 Å². The second-order valence-corrected chi connectivity index (χ2v) is 5.60. The third kappa shape index (κ3) is 3.84. The van der Waals surface area contributed by atoms with Gasteiger partial charge in [-0.3, -0.25) is 14.6 Å². The molecule has 0 saturated carbocycles. The first-order valence-corrected chi connectivity index (χ1v) is 7.84. The van der Waals surface area contributed by atoms with E-state index in [2.05, 4.69) is 4.98 Å². The van der Waals surface area contributed by atoms with Crippen LogP contribution in [0.4, 0.5) is 13.2 Å². The summed E-state index contributed by atoms with van der Waals surface area (Å²) in [5, 5.41) is 0. The minimum absolute atomic E-state index is 0.230. The second kappa shape index (κ2) is 7.15. The Kier molecular flexibility index (Phi) is 4.92. The van der Waals surface area contributed by atoms with Crippen molar-refractivity contribution in [2.45, 2.75) is 19.0 Å². The molecule has 5 nitrogen and oxygen atoms in total. The van der Waals surface area contributed by atoms with Gasteiger partial charge in [0.05, 0.1) is 5.56 Å². The van der Waals surface area contributed by atoms with Gasteiger partial charge in [-0.1, -0.05) is 0 Å². The topological polar surface area (TPSA) is 65.5 Å². The standard InChI is InChI=1S/C18H14F3NO4/c19-18(20,21)12-2-1-7-22-17(12)14(24)5-4-13(23)11-3-6-15-16(10-11)26-9-8-25-15/h1-3,6-7,10H,4-5,8-9H2. The van der Waals surface area contributed by atoms with Gasteiger partial charge in [0, 0.05) is 24.6 Å². The minimum Gasteiger partial charge on any atom is -0.486 e. The number of pyridine rings is 1. The summed E-state index contributed by atoms with van der Waals surface area (Å²) >= 11 is 0. The lowest BCUT2D eigenvalue weighted by Gasteiger charge is -2.18. The number of halogens is 3. The predicted octanol–water partition coefficient (Wildman–Crippen LogP) is 3.72. The van der Waals surface area contributed by atoms with E-state index in [-0.39, 0.29) is 18.6 Å². The van der Waals surface area contributed by atoms with Crippen molar-refractivity contribution in [2.24, 2.45) is 0 Å². The zero-order chi connectivity index (χ0) is 18.7. The quantitative estimate of drug-likeness (QED) is 0.756. The largest absolute Gasteiger partial charge is 0.486 e. The van der Waals surface area contributed by atoms with Crippen LogP contribution in [-0.2, 0) is 6.18 Å². The monoisotopic (exact) mass is 365 g/mol. The van der Waals surface area contributed by atoms with Crippen LogP contribution in [0, 0.1) is 0 Å². The predicted molar refractivity (Wildman–Crippen MR) is 84.6 cm³/mol. The molecule has 0 saturated heterocycles. The number of alkyl halides is 3.